The Morgan fingerprint density at radius 1 is 1.00 bits per heavy atom. The Labute approximate surface area is 172 Å². The summed E-state index contributed by atoms with van der Waals surface area (Å²) in [6, 6.07) is 17.5. The van der Waals surface area contributed by atoms with Gasteiger partial charge in [-0.15, -0.1) is 0 Å². The van der Waals surface area contributed by atoms with E-state index in [2.05, 4.69) is 10.3 Å². The van der Waals surface area contributed by atoms with Crippen LogP contribution in [0.4, 0.5) is 11.4 Å². The zero-order chi connectivity index (χ0) is 20.3. The summed E-state index contributed by atoms with van der Waals surface area (Å²) < 4.78 is 27.0. The van der Waals surface area contributed by atoms with Crippen molar-refractivity contribution in [1.29, 1.82) is 0 Å². The van der Waals surface area contributed by atoms with Gasteiger partial charge in [-0.25, -0.2) is 13.4 Å². The van der Waals surface area contributed by atoms with Crippen LogP contribution in [0.2, 0.25) is 10.2 Å². The number of para-hydroxylation sites is 1. The highest BCUT2D eigenvalue weighted by Crippen LogP contribution is 2.24. The molecule has 0 atom stereocenters. The number of nitrogens with one attached hydrogen (secondary N) is 1. The first-order valence-corrected chi connectivity index (χ1v) is 10.3. The molecule has 1 aromatic heterocycles. The van der Waals surface area contributed by atoms with E-state index in [1.165, 1.54) is 41.7 Å². The Bertz CT molecular complexity index is 1120. The summed E-state index contributed by atoms with van der Waals surface area (Å²) in [6.45, 7) is 0. The third-order valence-corrected chi connectivity index (χ3v) is 6.19. The normalized spacial score (nSPS) is 11.1. The van der Waals surface area contributed by atoms with E-state index in [0.717, 1.165) is 0 Å². The summed E-state index contributed by atoms with van der Waals surface area (Å²) in [7, 11) is -2.35. The van der Waals surface area contributed by atoms with Crippen LogP contribution >= 0.6 is 23.2 Å². The molecule has 2 aromatic carbocycles. The summed E-state index contributed by atoms with van der Waals surface area (Å²) in [5.41, 5.74) is 0.751. The Kier molecular flexibility index (Phi) is 5.88. The molecule has 1 N–H and O–H groups in total. The number of carbonyl (C=O) groups excluding carboxylic acids is 1. The molecule has 0 bridgehead atoms. The molecule has 1 heterocycles. The number of aromatic nitrogens is 1. The molecule has 0 unspecified atom stereocenters. The molecule has 0 saturated heterocycles. The molecule has 0 fully saturated rings. The van der Waals surface area contributed by atoms with Crippen LogP contribution in [0.15, 0.2) is 71.6 Å². The van der Waals surface area contributed by atoms with E-state index in [0.29, 0.717) is 5.69 Å². The molecule has 0 aliphatic carbocycles. The van der Waals surface area contributed by atoms with E-state index in [4.69, 9.17) is 23.2 Å². The van der Waals surface area contributed by atoms with Gasteiger partial charge >= 0.3 is 0 Å². The van der Waals surface area contributed by atoms with Crippen LogP contribution in [0.25, 0.3) is 0 Å². The second-order valence-corrected chi connectivity index (χ2v) is 8.52. The molecule has 28 heavy (non-hydrogen) atoms. The molecule has 0 aliphatic heterocycles. The minimum Gasteiger partial charge on any atom is -0.321 e. The number of hydrogen-bond acceptors (Lipinski definition) is 4. The second-order valence-electron chi connectivity index (χ2n) is 5.75. The smallest absolute Gasteiger partial charge is 0.275 e. The second kappa shape index (κ2) is 8.18. The van der Waals surface area contributed by atoms with Gasteiger partial charge in [-0.2, -0.15) is 0 Å². The number of hydrogen-bond donors (Lipinski definition) is 1. The van der Waals surface area contributed by atoms with Crippen LogP contribution in [0.3, 0.4) is 0 Å². The van der Waals surface area contributed by atoms with Crippen molar-refractivity contribution in [3.05, 3.63) is 82.6 Å². The number of halogens is 2. The van der Waals surface area contributed by atoms with Gasteiger partial charge in [0.2, 0.25) is 0 Å². The highest BCUT2D eigenvalue weighted by Gasteiger charge is 2.22. The molecule has 0 spiro atoms. The quantitative estimate of drug-likeness (QED) is 0.599. The molecule has 3 aromatic rings. The van der Waals surface area contributed by atoms with Gasteiger partial charge < -0.3 is 5.32 Å². The van der Waals surface area contributed by atoms with Crippen molar-refractivity contribution in [2.45, 2.75) is 4.90 Å². The molecule has 0 saturated carbocycles. The van der Waals surface area contributed by atoms with Gasteiger partial charge in [0.25, 0.3) is 15.9 Å². The fraction of sp³-hybridized carbons (Fsp3) is 0.0526. The highest BCUT2D eigenvalue weighted by molar-refractivity contribution is 7.92. The average molecular weight is 436 g/mol. The largest absolute Gasteiger partial charge is 0.321 e. The van der Waals surface area contributed by atoms with Crippen LogP contribution in [-0.4, -0.2) is 26.4 Å². The van der Waals surface area contributed by atoms with E-state index in [1.807, 2.05) is 0 Å². The highest BCUT2D eigenvalue weighted by atomic mass is 35.5. The van der Waals surface area contributed by atoms with Crippen LogP contribution in [0.1, 0.15) is 10.5 Å². The standard InChI is InChI=1S/C19H15Cl2N3O3S/c1-24(14-7-3-2-4-8-14)28(26,27)15-9-5-6-13(12-15)22-19(25)18-16(20)10-11-17(21)23-18/h2-12H,1H3,(H,22,25). The Morgan fingerprint density at radius 2 is 1.71 bits per heavy atom. The fourth-order valence-electron chi connectivity index (χ4n) is 2.44. The predicted octanol–water partition coefficient (Wildman–Crippen LogP) is 4.47. The molecule has 1 amide bonds. The Hall–Kier alpha value is -2.61. The zero-order valence-corrected chi connectivity index (χ0v) is 17.0. The molecular weight excluding hydrogens is 421 g/mol. The molecule has 0 radical (unpaired) electrons. The van der Waals surface area contributed by atoms with Gasteiger partial charge in [-0.3, -0.25) is 9.10 Å². The number of sulfonamides is 1. The topological polar surface area (TPSA) is 79.4 Å². The minimum absolute atomic E-state index is 0.0294. The number of pyridine rings is 1. The first-order chi connectivity index (χ1) is 13.3. The molecule has 6 nitrogen and oxygen atoms in total. The van der Waals surface area contributed by atoms with E-state index < -0.39 is 15.9 Å². The van der Waals surface area contributed by atoms with Crippen molar-refractivity contribution < 1.29 is 13.2 Å². The van der Waals surface area contributed by atoms with E-state index >= 15 is 0 Å². The molecular formula is C19H15Cl2N3O3S. The average Bonchev–Trinajstić information content (AvgIpc) is 2.70. The van der Waals surface area contributed by atoms with Gasteiger partial charge in [0, 0.05) is 12.7 Å². The van der Waals surface area contributed by atoms with Crippen molar-refractivity contribution in [2.75, 3.05) is 16.7 Å². The van der Waals surface area contributed by atoms with Crippen LogP contribution < -0.4 is 9.62 Å². The third-order valence-electron chi connectivity index (χ3n) is 3.90. The number of benzene rings is 2. The lowest BCUT2D eigenvalue weighted by molar-refractivity contribution is 0.102. The van der Waals surface area contributed by atoms with E-state index in [1.54, 1.807) is 36.4 Å². The summed E-state index contributed by atoms with van der Waals surface area (Å²) in [6.07, 6.45) is 0. The maximum atomic E-state index is 12.9. The van der Waals surface area contributed by atoms with Crippen LogP contribution in [-0.2, 0) is 10.0 Å². The summed E-state index contributed by atoms with van der Waals surface area (Å²) in [5.74, 6) is -0.599. The lowest BCUT2D eigenvalue weighted by atomic mass is 10.3. The van der Waals surface area contributed by atoms with Crippen molar-refractivity contribution >= 4 is 50.5 Å². The van der Waals surface area contributed by atoms with Crippen LogP contribution in [0, 0.1) is 0 Å². The summed E-state index contributed by atoms with van der Waals surface area (Å²) >= 11 is 11.8. The first kappa shape index (κ1) is 20.1. The first-order valence-electron chi connectivity index (χ1n) is 8.06. The van der Waals surface area contributed by atoms with Crippen molar-refractivity contribution in [3.8, 4) is 0 Å². The number of rotatable bonds is 5. The minimum atomic E-state index is -3.81. The van der Waals surface area contributed by atoms with Gasteiger partial charge in [-0.05, 0) is 42.5 Å². The number of amides is 1. The molecule has 3 rings (SSSR count). The number of nitrogens with zero attached hydrogens (tertiary/aromatic N) is 2. The Morgan fingerprint density at radius 3 is 2.43 bits per heavy atom. The van der Waals surface area contributed by atoms with Gasteiger partial charge in [0.1, 0.15) is 10.8 Å². The SMILES string of the molecule is CN(c1ccccc1)S(=O)(=O)c1cccc(NC(=O)c2nc(Cl)ccc2Cl)c1. The molecule has 144 valence electrons. The van der Waals surface area contributed by atoms with Crippen molar-refractivity contribution in [2.24, 2.45) is 0 Å². The lowest BCUT2D eigenvalue weighted by Gasteiger charge is -2.19. The van der Waals surface area contributed by atoms with Gasteiger partial charge in [0.05, 0.1) is 15.6 Å². The van der Waals surface area contributed by atoms with Gasteiger partial charge in [0.15, 0.2) is 0 Å². The maximum Gasteiger partial charge on any atom is 0.275 e. The number of anilines is 2. The monoisotopic (exact) mass is 435 g/mol. The number of carbonyl (C=O) groups is 1. The van der Waals surface area contributed by atoms with Crippen molar-refractivity contribution in [1.82, 2.24) is 4.98 Å². The molecule has 9 heteroatoms. The Balaban J connectivity index is 1.88. The summed E-state index contributed by atoms with van der Waals surface area (Å²) in [4.78, 5) is 16.4. The zero-order valence-electron chi connectivity index (χ0n) is 14.6. The van der Waals surface area contributed by atoms with E-state index in [-0.39, 0.29) is 26.5 Å². The molecule has 0 aliphatic rings. The predicted molar refractivity (Wildman–Crippen MR) is 111 cm³/mol. The maximum absolute atomic E-state index is 12.9. The van der Waals surface area contributed by atoms with Crippen LogP contribution in [0.5, 0.6) is 0 Å². The van der Waals surface area contributed by atoms with Gasteiger partial charge in [-0.1, -0.05) is 47.5 Å². The lowest BCUT2D eigenvalue weighted by Crippen LogP contribution is -2.26. The van der Waals surface area contributed by atoms with E-state index in [9.17, 15) is 13.2 Å². The fourth-order valence-corrected chi connectivity index (χ4v) is 4.02. The summed E-state index contributed by atoms with van der Waals surface area (Å²) in [5, 5.41) is 2.84. The van der Waals surface area contributed by atoms with Crippen molar-refractivity contribution in [3.63, 3.8) is 0 Å². The third kappa shape index (κ3) is 4.27.